The lowest BCUT2D eigenvalue weighted by Gasteiger charge is -2.08. The first-order valence-corrected chi connectivity index (χ1v) is 7.73. The molecule has 24 heavy (non-hydrogen) atoms. The summed E-state index contributed by atoms with van der Waals surface area (Å²) in [7, 11) is 0. The normalized spacial score (nSPS) is 10.8. The van der Waals surface area contributed by atoms with Crippen molar-refractivity contribution in [3.63, 3.8) is 0 Å². The number of fused-ring (bicyclic) bond motifs is 1. The fourth-order valence-electron chi connectivity index (χ4n) is 2.36. The zero-order valence-electron chi connectivity index (χ0n) is 12.9. The fraction of sp³-hybridized carbons (Fsp3) is 0.176. The number of benzene rings is 1. The molecule has 2 aromatic heterocycles. The van der Waals surface area contributed by atoms with Crippen molar-refractivity contribution in [3.8, 4) is 5.75 Å². The number of nitrogens with one attached hydrogen (secondary N) is 1. The highest BCUT2D eigenvalue weighted by Gasteiger charge is 2.16. The van der Waals surface area contributed by atoms with E-state index >= 15 is 0 Å². The van der Waals surface area contributed by atoms with E-state index in [9.17, 15) is 9.18 Å². The van der Waals surface area contributed by atoms with Gasteiger partial charge in [-0.05, 0) is 43.3 Å². The van der Waals surface area contributed by atoms with Crippen LogP contribution in [0.25, 0.3) is 5.65 Å². The van der Waals surface area contributed by atoms with Crippen LogP contribution in [-0.2, 0) is 0 Å². The van der Waals surface area contributed by atoms with Crippen LogP contribution < -0.4 is 10.1 Å². The second-order valence-corrected chi connectivity index (χ2v) is 5.62. The monoisotopic (exact) mass is 347 g/mol. The van der Waals surface area contributed by atoms with Crippen LogP contribution >= 0.6 is 11.6 Å². The van der Waals surface area contributed by atoms with Gasteiger partial charge < -0.3 is 10.1 Å². The molecule has 5 nitrogen and oxygen atoms in total. The quantitative estimate of drug-likeness (QED) is 0.721. The summed E-state index contributed by atoms with van der Waals surface area (Å²) in [5.74, 6) is -0.0907. The summed E-state index contributed by atoms with van der Waals surface area (Å²) < 4.78 is 20.4. The lowest BCUT2D eigenvalue weighted by Crippen LogP contribution is -2.29. The third-order valence-electron chi connectivity index (χ3n) is 3.44. The highest BCUT2D eigenvalue weighted by Crippen LogP contribution is 2.15. The van der Waals surface area contributed by atoms with E-state index in [0.29, 0.717) is 41.0 Å². The minimum atomic E-state index is -0.431. The molecular weight excluding hydrogens is 333 g/mol. The number of aromatic nitrogens is 2. The molecule has 0 saturated carbocycles. The number of hydrogen-bond donors (Lipinski definition) is 1. The molecule has 1 N–H and O–H groups in total. The van der Waals surface area contributed by atoms with Crippen molar-refractivity contribution in [1.82, 2.24) is 14.7 Å². The molecule has 2 heterocycles. The number of nitrogens with zero attached hydrogens (tertiary/aromatic N) is 2. The van der Waals surface area contributed by atoms with E-state index < -0.39 is 5.82 Å². The molecule has 0 atom stereocenters. The maximum Gasteiger partial charge on any atom is 0.270 e. The largest absolute Gasteiger partial charge is 0.492 e. The fourth-order valence-corrected chi connectivity index (χ4v) is 2.48. The predicted molar refractivity (Wildman–Crippen MR) is 89.2 cm³/mol. The number of ether oxygens (including phenoxy) is 1. The van der Waals surface area contributed by atoms with Gasteiger partial charge in [0.2, 0.25) is 0 Å². The van der Waals surface area contributed by atoms with Gasteiger partial charge in [0.25, 0.3) is 5.91 Å². The van der Waals surface area contributed by atoms with Crippen molar-refractivity contribution >= 4 is 23.2 Å². The summed E-state index contributed by atoms with van der Waals surface area (Å²) in [5.41, 5.74) is 1.38. The van der Waals surface area contributed by atoms with E-state index in [1.54, 1.807) is 31.2 Å². The van der Waals surface area contributed by atoms with Crippen molar-refractivity contribution < 1.29 is 13.9 Å². The van der Waals surface area contributed by atoms with Gasteiger partial charge in [0.15, 0.2) is 0 Å². The van der Waals surface area contributed by atoms with Crippen molar-refractivity contribution in [2.24, 2.45) is 0 Å². The number of hydrogen-bond acceptors (Lipinski definition) is 3. The Morgan fingerprint density at radius 3 is 2.79 bits per heavy atom. The number of carbonyl (C=O) groups excluding carboxylic acids is 1. The third kappa shape index (κ3) is 3.49. The Balaban J connectivity index is 1.62. The minimum Gasteiger partial charge on any atom is -0.492 e. The Morgan fingerprint density at radius 2 is 2.04 bits per heavy atom. The number of halogens is 2. The Kier molecular flexibility index (Phi) is 4.66. The average Bonchev–Trinajstić information content (AvgIpc) is 2.88. The summed E-state index contributed by atoms with van der Waals surface area (Å²) in [6, 6.07) is 9.80. The second-order valence-electron chi connectivity index (χ2n) is 5.18. The molecule has 0 bridgehead atoms. The van der Waals surface area contributed by atoms with Crippen LogP contribution in [-0.4, -0.2) is 28.4 Å². The molecule has 0 aliphatic carbocycles. The number of amides is 1. The van der Waals surface area contributed by atoms with Crippen LogP contribution in [0.2, 0.25) is 5.02 Å². The topological polar surface area (TPSA) is 55.6 Å². The van der Waals surface area contributed by atoms with Gasteiger partial charge in [0.05, 0.1) is 12.2 Å². The Morgan fingerprint density at radius 1 is 1.29 bits per heavy atom. The van der Waals surface area contributed by atoms with E-state index in [2.05, 4.69) is 10.3 Å². The molecule has 124 valence electrons. The maximum absolute atomic E-state index is 13.4. The molecule has 1 aromatic carbocycles. The first-order valence-electron chi connectivity index (χ1n) is 7.35. The number of pyridine rings is 1. The standard InChI is InChI=1S/C17H15ClFN3O2/c1-11-16(22-10-13(19)4-7-15(22)21-11)17(23)20-8-9-24-14-5-2-12(18)3-6-14/h2-7,10H,8-9H2,1H3,(H,20,23). The molecule has 0 radical (unpaired) electrons. The van der Waals surface area contributed by atoms with E-state index in [1.807, 2.05) is 0 Å². The molecule has 0 spiro atoms. The molecule has 3 rings (SSSR count). The molecular formula is C17H15ClFN3O2. The first-order chi connectivity index (χ1) is 11.5. The van der Waals surface area contributed by atoms with Crippen LogP contribution in [0.15, 0.2) is 42.6 Å². The summed E-state index contributed by atoms with van der Waals surface area (Å²) >= 11 is 5.80. The van der Waals surface area contributed by atoms with Gasteiger partial charge >= 0.3 is 0 Å². The van der Waals surface area contributed by atoms with Crippen molar-refractivity contribution in [1.29, 1.82) is 0 Å². The third-order valence-corrected chi connectivity index (χ3v) is 3.69. The second kappa shape index (κ2) is 6.88. The SMILES string of the molecule is Cc1nc2ccc(F)cn2c1C(=O)NCCOc1ccc(Cl)cc1. The van der Waals surface area contributed by atoms with Gasteiger partial charge in [-0.3, -0.25) is 9.20 Å². The molecule has 0 saturated heterocycles. The Hall–Kier alpha value is -2.60. The molecule has 3 aromatic rings. The van der Waals surface area contributed by atoms with Crippen molar-refractivity contribution in [2.75, 3.05) is 13.2 Å². The average molecular weight is 348 g/mol. The lowest BCUT2D eigenvalue weighted by molar-refractivity contribution is 0.0940. The van der Waals surface area contributed by atoms with E-state index in [1.165, 1.54) is 22.7 Å². The van der Waals surface area contributed by atoms with Crippen LogP contribution in [0, 0.1) is 12.7 Å². The zero-order chi connectivity index (χ0) is 17.1. The molecule has 0 aliphatic rings. The van der Waals surface area contributed by atoms with Gasteiger partial charge in [0.1, 0.15) is 29.5 Å². The van der Waals surface area contributed by atoms with Crippen LogP contribution in [0.4, 0.5) is 4.39 Å². The highest BCUT2D eigenvalue weighted by atomic mass is 35.5. The number of aryl methyl sites for hydroxylation is 1. The lowest BCUT2D eigenvalue weighted by atomic mass is 10.3. The van der Waals surface area contributed by atoms with Gasteiger partial charge in [-0.2, -0.15) is 0 Å². The van der Waals surface area contributed by atoms with Crippen molar-refractivity contribution in [3.05, 3.63) is 64.8 Å². The summed E-state index contributed by atoms with van der Waals surface area (Å²) in [6.07, 6.45) is 1.24. The molecule has 0 unspecified atom stereocenters. The van der Waals surface area contributed by atoms with Gasteiger partial charge in [-0.25, -0.2) is 9.37 Å². The van der Waals surface area contributed by atoms with Gasteiger partial charge in [-0.1, -0.05) is 11.6 Å². The summed E-state index contributed by atoms with van der Waals surface area (Å²) in [4.78, 5) is 16.6. The predicted octanol–water partition coefficient (Wildman–Crippen LogP) is 3.24. The van der Waals surface area contributed by atoms with Crippen LogP contribution in [0.5, 0.6) is 5.75 Å². The van der Waals surface area contributed by atoms with E-state index in [4.69, 9.17) is 16.3 Å². The Bertz CT molecular complexity index is 877. The van der Waals surface area contributed by atoms with Crippen molar-refractivity contribution in [2.45, 2.75) is 6.92 Å². The van der Waals surface area contributed by atoms with Gasteiger partial charge in [-0.15, -0.1) is 0 Å². The zero-order valence-corrected chi connectivity index (χ0v) is 13.7. The number of rotatable bonds is 5. The highest BCUT2D eigenvalue weighted by molar-refractivity contribution is 6.30. The molecule has 1 amide bonds. The van der Waals surface area contributed by atoms with Gasteiger partial charge in [0, 0.05) is 11.2 Å². The van der Waals surface area contributed by atoms with Crippen LogP contribution in [0.1, 0.15) is 16.2 Å². The first kappa shape index (κ1) is 16.3. The summed E-state index contributed by atoms with van der Waals surface area (Å²) in [5, 5.41) is 3.38. The van der Waals surface area contributed by atoms with Crippen LogP contribution in [0.3, 0.4) is 0 Å². The molecule has 0 fully saturated rings. The minimum absolute atomic E-state index is 0.303. The number of carbonyl (C=O) groups is 1. The summed E-state index contributed by atoms with van der Waals surface area (Å²) in [6.45, 7) is 2.32. The van der Waals surface area contributed by atoms with E-state index in [-0.39, 0.29) is 5.91 Å². The Labute approximate surface area is 143 Å². The maximum atomic E-state index is 13.4. The molecule has 0 aliphatic heterocycles. The number of imidazole rings is 1. The molecule has 7 heteroatoms. The van der Waals surface area contributed by atoms with E-state index in [0.717, 1.165) is 0 Å². The smallest absolute Gasteiger partial charge is 0.270 e.